The van der Waals surface area contributed by atoms with Crippen LogP contribution in [0.25, 0.3) is 0 Å². The van der Waals surface area contributed by atoms with Crippen molar-refractivity contribution in [1.82, 2.24) is 10.3 Å². The molecular formula is C12H19N3O. The van der Waals surface area contributed by atoms with Crippen LogP contribution in [0.5, 0.6) is 0 Å². The normalized spacial score (nSPS) is 20.4. The van der Waals surface area contributed by atoms with Crippen LogP contribution in [0.4, 0.5) is 5.82 Å². The summed E-state index contributed by atoms with van der Waals surface area (Å²) in [6, 6.07) is 4.38. The Labute approximate surface area is 96.3 Å². The molecule has 2 rings (SSSR count). The molecular weight excluding hydrogens is 202 g/mol. The fraction of sp³-hybridized carbons (Fsp3) is 0.583. The molecule has 1 saturated heterocycles. The molecule has 1 aliphatic rings. The van der Waals surface area contributed by atoms with E-state index in [1.807, 2.05) is 19.3 Å². The number of anilines is 1. The number of aliphatic hydroxyl groups excluding tert-OH is 1. The van der Waals surface area contributed by atoms with Gasteiger partial charge in [-0.2, -0.15) is 0 Å². The number of nitrogens with one attached hydrogen (secondary N) is 1. The van der Waals surface area contributed by atoms with Crippen LogP contribution in [-0.4, -0.2) is 36.3 Å². The summed E-state index contributed by atoms with van der Waals surface area (Å²) in [7, 11) is 1.93. The summed E-state index contributed by atoms with van der Waals surface area (Å²) in [6.45, 7) is 2.07. The number of hydrogen-bond donors (Lipinski definition) is 2. The second-order valence-corrected chi connectivity index (χ2v) is 4.23. The van der Waals surface area contributed by atoms with Gasteiger partial charge in [0.15, 0.2) is 0 Å². The van der Waals surface area contributed by atoms with Gasteiger partial charge >= 0.3 is 0 Å². The van der Waals surface area contributed by atoms with Crippen LogP contribution in [0.3, 0.4) is 0 Å². The van der Waals surface area contributed by atoms with E-state index in [0.717, 1.165) is 31.7 Å². The monoisotopic (exact) mass is 221 g/mol. The summed E-state index contributed by atoms with van der Waals surface area (Å²) in [5.41, 5.74) is 1.19. The number of nitrogens with zero attached hydrogens (tertiary/aromatic N) is 2. The van der Waals surface area contributed by atoms with Gasteiger partial charge < -0.3 is 15.3 Å². The van der Waals surface area contributed by atoms with Crippen LogP contribution in [0, 0.1) is 0 Å². The Morgan fingerprint density at radius 1 is 1.56 bits per heavy atom. The molecule has 0 aliphatic carbocycles. The Kier molecular flexibility index (Phi) is 3.74. The lowest BCUT2D eigenvalue weighted by Gasteiger charge is -2.24. The summed E-state index contributed by atoms with van der Waals surface area (Å²) < 4.78 is 0. The predicted octanol–water partition coefficient (Wildman–Crippen LogP) is 0.762. The molecule has 1 aromatic heterocycles. The van der Waals surface area contributed by atoms with Crippen molar-refractivity contribution in [2.75, 3.05) is 25.1 Å². The highest BCUT2D eigenvalue weighted by Crippen LogP contribution is 2.23. The third-order valence-corrected chi connectivity index (χ3v) is 3.07. The Morgan fingerprint density at radius 3 is 3.06 bits per heavy atom. The van der Waals surface area contributed by atoms with E-state index in [-0.39, 0.29) is 12.6 Å². The lowest BCUT2D eigenvalue weighted by Crippen LogP contribution is -2.32. The molecule has 0 radical (unpaired) electrons. The average molecular weight is 221 g/mol. The number of pyridine rings is 1. The first kappa shape index (κ1) is 11.4. The van der Waals surface area contributed by atoms with E-state index in [0.29, 0.717) is 0 Å². The van der Waals surface area contributed by atoms with E-state index in [4.69, 9.17) is 0 Å². The van der Waals surface area contributed by atoms with E-state index < -0.39 is 0 Å². The van der Waals surface area contributed by atoms with E-state index in [1.165, 1.54) is 5.56 Å². The summed E-state index contributed by atoms with van der Waals surface area (Å²) in [6.07, 6.45) is 4.11. The van der Waals surface area contributed by atoms with Gasteiger partial charge in [-0.3, -0.25) is 0 Å². The molecule has 1 fully saturated rings. The molecule has 1 atom stereocenters. The quantitative estimate of drug-likeness (QED) is 0.788. The maximum atomic E-state index is 9.26. The van der Waals surface area contributed by atoms with Crippen molar-refractivity contribution < 1.29 is 5.11 Å². The molecule has 0 aromatic carbocycles. The highest BCUT2D eigenvalue weighted by molar-refractivity contribution is 5.41. The van der Waals surface area contributed by atoms with Crippen molar-refractivity contribution in [2.45, 2.75) is 25.4 Å². The van der Waals surface area contributed by atoms with Crippen LogP contribution >= 0.6 is 0 Å². The van der Waals surface area contributed by atoms with Gasteiger partial charge in [0.2, 0.25) is 0 Å². The zero-order valence-corrected chi connectivity index (χ0v) is 9.69. The summed E-state index contributed by atoms with van der Waals surface area (Å²) >= 11 is 0. The van der Waals surface area contributed by atoms with Crippen LogP contribution in [0.1, 0.15) is 18.4 Å². The Bertz CT molecular complexity index is 326. The molecule has 1 aromatic rings. The lowest BCUT2D eigenvalue weighted by molar-refractivity contribution is 0.266. The third-order valence-electron chi connectivity index (χ3n) is 3.07. The molecule has 0 amide bonds. The molecule has 2 heterocycles. The molecule has 16 heavy (non-hydrogen) atoms. The molecule has 1 unspecified atom stereocenters. The first-order valence-electron chi connectivity index (χ1n) is 5.82. The van der Waals surface area contributed by atoms with Crippen molar-refractivity contribution in [3.8, 4) is 0 Å². The second-order valence-electron chi connectivity index (χ2n) is 4.23. The standard InChI is InChI=1S/C12H19N3O/c1-13-7-10-4-5-12(14-8-10)15-6-2-3-11(15)9-16/h4-5,8,11,13,16H,2-3,6-7,9H2,1H3. The smallest absolute Gasteiger partial charge is 0.128 e. The van der Waals surface area contributed by atoms with Gasteiger partial charge in [-0.15, -0.1) is 0 Å². The first-order valence-corrected chi connectivity index (χ1v) is 5.82. The molecule has 4 heteroatoms. The van der Waals surface area contributed by atoms with Crippen LogP contribution in [-0.2, 0) is 6.54 Å². The first-order chi connectivity index (χ1) is 7.85. The molecule has 0 bridgehead atoms. The molecule has 0 spiro atoms. The zero-order chi connectivity index (χ0) is 11.4. The van der Waals surface area contributed by atoms with Crippen molar-refractivity contribution >= 4 is 5.82 Å². The lowest BCUT2D eigenvalue weighted by atomic mass is 10.2. The zero-order valence-electron chi connectivity index (χ0n) is 9.69. The van der Waals surface area contributed by atoms with Crippen LogP contribution < -0.4 is 10.2 Å². The minimum atomic E-state index is 0.222. The van der Waals surface area contributed by atoms with E-state index >= 15 is 0 Å². The largest absolute Gasteiger partial charge is 0.394 e. The fourth-order valence-electron chi connectivity index (χ4n) is 2.22. The number of aliphatic hydroxyl groups is 1. The minimum absolute atomic E-state index is 0.222. The van der Waals surface area contributed by atoms with Gasteiger partial charge in [0.25, 0.3) is 0 Å². The van der Waals surface area contributed by atoms with Crippen molar-refractivity contribution in [3.05, 3.63) is 23.9 Å². The SMILES string of the molecule is CNCc1ccc(N2CCCC2CO)nc1. The Balaban J connectivity index is 2.08. The predicted molar refractivity (Wildman–Crippen MR) is 64.5 cm³/mol. The molecule has 4 nitrogen and oxygen atoms in total. The van der Waals surface area contributed by atoms with Crippen molar-refractivity contribution in [2.24, 2.45) is 0 Å². The summed E-state index contributed by atoms with van der Waals surface area (Å²) in [4.78, 5) is 6.65. The highest BCUT2D eigenvalue weighted by atomic mass is 16.3. The molecule has 0 saturated carbocycles. The van der Waals surface area contributed by atoms with Crippen molar-refractivity contribution in [3.63, 3.8) is 0 Å². The van der Waals surface area contributed by atoms with Gasteiger partial charge in [-0.05, 0) is 31.5 Å². The fourth-order valence-corrected chi connectivity index (χ4v) is 2.22. The maximum absolute atomic E-state index is 9.26. The van der Waals surface area contributed by atoms with Gasteiger partial charge in [0, 0.05) is 19.3 Å². The third kappa shape index (κ3) is 2.33. The maximum Gasteiger partial charge on any atom is 0.128 e. The number of rotatable bonds is 4. The number of hydrogen-bond acceptors (Lipinski definition) is 4. The summed E-state index contributed by atoms with van der Waals surface area (Å²) in [5.74, 6) is 0.983. The van der Waals surface area contributed by atoms with Crippen LogP contribution in [0.15, 0.2) is 18.3 Å². The van der Waals surface area contributed by atoms with E-state index in [2.05, 4.69) is 21.3 Å². The Morgan fingerprint density at radius 2 is 2.44 bits per heavy atom. The molecule has 88 valence electrons. The Hall–Kier alpha value is -1.13. The number of aromatic nitrogens is 1. The second kappa shape index (κ2) is 5.27. The van der Waals surface area contributed by atoms with Gasteiger partial charge in [0.05, 0.1) is 12.6 Å². The van der Waals surface area contributed by atoms with Crippen molar-refractivity contribution in [1.29, 1.82) is 0 Å². The highest BCUT2D eigenvalue weighted by Gasteiger charge is 2.24. The van der Waals surface area contributed by atoms with E-state index in [1.54, 1.807) is 0 Å². The van der Waals surface area contributed by atoms with E-state index in [9.17, 15) is 5.11 Å². The summed E-state index contributed by atoms with van der Waals surface area (Å²) in [5, 5.41) is 12.4. The molecule has 2 N–H and O–H groups in total. The minimum Gasteiger partial charge on any atom is -0.394 e. The van der Waals surface area contributed by atoms with Crippen LogP contribution in [0.2, 0.25) is 0 Å². The molecule has 1 aliphatic heterocycles. The van der Waals surface area contributed by atoms with Gasteiger partial charge in [0.1, 0.15) is 5.82 Å². The topological polar surface area (TPSA) is 48.4 Å². The average Bonchev–Trinajstić information content (AvgIpc) is 2.78. The van der Waals surface area contributed by atoms with Gasteiger partial charge in [-0.1, -0.05) is 6.07 Å². The van der Waals surface area contributed by atoms with Gasteiger partial charge in [-0.25, -0.2) is 4.98 Å².